The fourth-order valence-electron chi connectivity index (χ4n) is 2.86. The summed E-state index contributed by atoms with van der Waals surface area (Å²) in [6, 6.07) is 0.159. The Balaban J connectivity index is 1.83. The molecule has 1 aliphatic heterocycles. The van der Waals surface area contributed by atoms with Crippen LogP contribution in [0, 0.1) is 11.8 Å². The van der Waals surface area contributed by atoms with E-state index < -0.39 is 0 Å². The molecule has 2 unspecified atom stereocenters. The zero-order valence-corrected chi connectivity index (χ0v) is 8.17. The molecule has 0 aromatic carbocycles. The molecule has 2 rings (SSSR count). The highest BCUT2D eigenvalue weighted by Gasteiger charge is 2.30. The summed E-state index contributed by atoms with van der Waals surface area (Å²) in [6.07, 6.45) is 9.21. The van der Waals surface area contributed by atoms with Gasteiger partial charge in [-0.1, -0.05) is 32.1 Å². The molecule has 0 radical (unpaired) electrons. The van der Waals surface area contributed by atoms with Crippen molar-refractivity contribution in [1.82, 2.24) is 5.32 Å². The standard InChI is InChI=1S/C11H19NO/c13-8-11-6-10(7-12-11)9-4-2-1-3-5-9/h8-12H,1-7H2. The van der Waals surface area contributed by atoms with Crippen LogP contribution in [0.3, 0.4) is 0 Å². The van der Waals surface area contributed by atoms with Crippen LogP contribution in [0.4, 0.5) is 0 Å². The van der Waals surface area contributed by atoms with Crippen molar-refractivity contribution in [3.8, 4) is 0 Å². The molecule has 0 aromatic heterocycles. The van der Waals surface area contributed by atoms with Gasteiger partial charge in [-0.15, -0.1) is 0 Å². The zero-order chi connectivity index (χ0) is 9.10. The van der Waals surface area contributed by atoms with Gasteiger partial charge in [-0.25, -0.2) is 0 Å². The Kier molecular flexibility index (Phi) is 2.99. The van der Waals surface area contributed by atoms with E-state index in [1.54, 1.807) is 0 Å². The first kappa shape index (κ1) is 9.20. The zero-order valence-electron chi connectivity index (χ0n) is 8.17. The third kappa shape index (κ3) is 2.11. The summed E-state index contributed by atoms with van der Waals surface area (Å²) < 4.78 is 0. The molecule has 2 nitrogen and oxygen atoms in total. The molecule has 0 amide bonds. The number of rotatable bonds is 2. The topological polar surface area (TPSA) is 29.1 Å². The highest BCUT2D eigenvalue weighted by atomic mass is 16.1. The summed E-state index contributed by atoms with van der Waals surface area (Å²) in [7, 11) is 0. The van der Waals surface area contributed by atoms with E-state index in [1.165, 1.54) is 32.1 Å². The first-order valence-corrected chi connectivity index (χ1v) is 5.59. The number of carbonyl (C=O) groups is 1. The van der Waals surface area contributed by atoms with Crippen LogP contribution in [-0.2, 0) is 4.79 Å². The number of carbonyl (C=O) groups excluding carboxylic acids is 1. The van der Waals surface area contributed by atoms with Gasteiger partial charge in [0.05, 0.1) is 6.04 Å². The lowest BCUT2D eigenvalue weighted by molar-refractivity contribution is -0.109. The molecule has 2 atom stereocenters. The lowest BCUT2D eigenvalue weighted by Crippen LogP contribution is -2.22. The Morgan fingerprint density at radius 1 is 1.08 bits per heavy atom. The smallest absolute Gasteiger partial charge is 0.136 e. The van der Waals surface area contributed by atoms with Gasteiger partial charge in [0.15, 0.2) is 0 Å². The van der Waals surface area contributed by atoms with Gasteiger partial charge in [-0.05, 0) is 24.8 Å². The fourth-order valence-corrected chi connectivity index (χ4v) is 2.86. The molecule has 1 aliphatic carbocycles. The normalized spacial score (nSPS) is 36.3. The van der Waals surface area contributed by atoms with Gasteiger partial charge in [0.25, 0.3) is 0 Å². The highest BCUT2D eigenvalue weighted by molar-refractivity contribution is 5.58. The summed E-state index contributed by atoms with van der Waals surface area (Å²) in [5, 5.41) is 3.29. The first-order valence-electron chi connectivity index (χ1n) is 5.59. The molecule has 0 aromatic rings. The molecule has 74 valence electrons. The lowest BCUT2D eigenvalue weighted by atomic mass is 9.79. The lowest BCUT2D eigenvalue weighted by Gasteiger charge is -2.26. The predicted molar refractivity (Wildman–Crippen MR) is 52.5 cm³/mol. The number of hydrogen-bond donors (Lipinski definition) is 1. The quantitative estimate of drug-likeness (QED) is 0.657. The Hall–Kier alpha value is -0.370. The maximum absolute atomic E-state index is 10.6. The van der Waals surface area contributed by atoms with E-state index in [9.17, 15) is 4.79 Å². The Bertz CT molecular complexity index is 175. The molecule has 1 saturated carbocycles. The predicted octanol–water partition coefficient (Wildman–Crippen LogP) is 1.74. The molecular formula is C11H19NO. The van der Waals surface area contributed by atoms with Gasteiger partial charge in [0.1, 0.15) is 6.29 Å². The van der Waals surface area contributed by atoms with Crippen molar-refractivity contribution in [1.29, 1.82) is 0 Å². The maximum Gasteiger partial charge on any atom is 0.136 e. The van der Waals surface area contributed by atoms with Crippen LogP contribution >= 0.6 is 0 Å². The third-order valence-corrected chi connectivity index (χ3v) is 3.68. The van der Waals surface area contributed by atoms with Crippen LogP contribution in [-0.4, -0.2) is 18.9 Å². The van der Waals surface area contributed by atoms with Gasteiger partial charge in [0.2, 0.25) is 0 Å². The van der Waals surface area contributed by atoms with Crippen molar-refractivity contribution < 1.29 is 4.79 Å². The highest BCUT2D eigenvalue weighted by Crippen LogP contribution is 2.33. The van der Waals surface area contributed by atoms with E-state index in [1.807, 2.05) is 0 Å². The fraction of sp³-hybridized carbons (Fsp3) is 0.909. The maximum atomic E-state index is 10.6. The minimum atomic E-state index is 0.159. The molecule has 2 heteroatoms. The number of aldehydes is 1. The summed E-state index contributed by atoms with van der Waals surface area (Å²) in [5.41, 5.74) is 0. The molecule has 2 aliphatic rings. The second kappa shape index (κ2) is 4.23. The Labute approximate surface area is 80.1 Å². The van der Waals surface area contributed by atoms with E-state index in [-0.39, 0.29) is 6.04 Å². The minimum Gasteiger partial charge on any atom is -0.307 e. The molecule has 1 saturated heterocycles. The van der Waals surface area contributed by atoms with E-state index in [0.717, 1.165) is 31.1 Å². The number of hydrogen-bond acceptors (Lipinski definition) is 2. The van der Waals surface area contributed by atoms with E-state index in [2.05, 4.69) is 5.32 Å². The van der Waals surface area contributed by atoms with Crippen molar-refractivity contribution in [3.05, 3.63) is 0 Å². The van der Waals surface area contributed by atoms with Crippen molar-refractivity contribution in [2.24, 2.45) is 11.8 Å². The number of nitrogens with one attached hydrogen (secondary N) is 1. The van der Waals surface area contributed by atoms with Crippen molar-refractivity contribution >= 4 is 6.29 Å². The summed E-state index contributed by atoms with van der Waals surface area (Å²) in [6.45, 7) is 1.08. The van der Waals surface area contributed by atoms with Crippen molar-refractivity contribution in [3.63, 3.8) is 0 Å². The van der Waals surface area contributed by atoms with Crippen LogP contribution in [0.2, 0.25) is 0 Å². The van der Waals surface area contributed by atoms with Crippen LogP contribution < -0.4 is 5.32 Å². The molecule has 2 fully saturated rings. The van der Waals surface area contributed by atoms with E-state index >= 15 is 0 Å². The summed E-state index contributed by atoms with van der Waals surface area (Å²) in [4.78, 5) is 10.6. The molecular weight excluding hydrogens is 162 g/mol. The molecule has 1 heterocycles. The molecule has 0 spiro atoms. The monoisotopic (exact) mass is 181 g/mol. The van der Waals surface area contributed by atoms with Crippen molar-refractivity contribution in [2.75, 3.05) is 6.54 Å². The van der Waals surface area contributed by atoms with E-state index in [4.69, 9.17) is 0 Å². The minimum absolute atomic E-state index is 0.159. The van der Waals surface area contributed by atoms with Crippen LogP contribution in [0.15, 0.2) is 0 Å². The SMILES string of the molecule is O=CC1CC(C2CCCCC2)CN1. The largest absolute Gasteiger partial charge is 0.307 e. The van der Waals surface area contributed by atoms with Crippen LogP contribution in [0.25, 0.3) is 0 Å². The second-order valence-electron chi connectivity index (χ2n) is 4.54. The van der Waals surface area contributed by atoms with Gasteiger partial charge < -0.3 is 10.1 Å². The van der Waals surface area contributed by atoms with Gasteiger partial charge in [-0.3, -0.25) is 0 Å². The average Bonchev–Trinajstić information content (AvgIpc) is 2.67. The van der Waals surface area contributed by atoms with Gasteiger partial charge in [-0.2, -0.15) is 0 Å². The average molecular weight is 181 g/mol. The second-order valence-corrected chi connectivity index (χ2v) is 4.54. The Morgan fingerprint density at radius 3 is 2.46 bits per heavy atom. The van der Waals surface area contributed by atoms with E-state index in [0.29, 0.717) is 0 Å². The van der Waals surface area contributed by atoms with Gasteiger partial charge >= 0.3 is 0 Å². The summed E-state index contributed by atoms with van der Waals surface area (Å²) in [5.74, 6) is 1.70. The molecule has 0 bridgehead atoms. The molecule has 1 N–H and O–H groups in total. The molecule has 13 heavy (non-hydrogen) atoms. The third-order valence-electron chi connectivity index (χ3n) is 3.68. The van der Waals surface area contributed by atoms with Gasteiger partial charge in [0, 0.05) is 0 Å². The Morgan fingerprint density at radius 2 is 1.85 bits per heavy atom. The summed E-state index contributed by atoms with van der Waals surface area (Å²) >= 11 is 0. The van der Waals surface area contributed by atoms with Crippen LogP contribution in [0.5, 0.6) is 0 Å². The van der Waals surface area contributed by atoms with Crippen LogP contribution in [0.1, 0.15) is 38.5 Å². The van der Waals surface area contributed by atoms with Crippen molar-refractivity contribution in [2.45, 2.75) is 44.6 Å². The first-order chi connectivity index (χ1) is 6.40.